The van der Waals surface area contributed by atoms with Crippen LogP contribution in [-0.2, 0) is 0 Å². The van der Waals surface area contributed by atoms with Crippen LogP contribution in [0.25, 0.3) is 0 Å². The van der Waals surface area contributed by atoms with Crippen molar-refractivity contribution in [2.45, 2.75) is 26.3 Å². The molecule has 0 heterocycles. The fourth-order valence-corrected chi connectivity index (χ4v) is 1.21. The summed E-state index contributed by atoms with van der Waals surface area (Å²) in [4.78, 5) is 4.33. The van der Waals surface area contributed by atoms with Crippen molar-refractivity contribution in [3.8, 4) is 5.75 Å². The number of aliphatic hydroxyl groups is 1. The Morgan fingerprint density at radius 1 is 1.44 bits per heavy atom. The van der Waals surface area contributed by atoms with E-state index in [0.717, 1.165) is 16.9 Å². The van der Waals surface area contributed by atoms with E-state index in [2.05, 4.69) is 4.99 Å². The first-order chi connectivity index (χ1) is 7.48. The third-order valence-corrected chi connectivity index (χ3v) is 2.33. The van der Waals surface area contributed by atoms with Crippen LogP contribution in [0.5, 0.6) is 5.75 Å². The Bertz CT molecular complexity index is 384. The van der Waals surface area contributed by atoms with Crippen LogP contribution in [0, 0.1) is 6.92 Å². The van der Waals surface area contributed by atoms with Crippen molar-refractivity contribution in [3.63, 3.8) is 0 Å². The SMILES string of the molecule is COc1cc(C)ccc1C=NC(C)(C)CO. The van der Waals surface area contributed by atoms with Gasteiger partial charge in [-0.15, -0.1) is 0 Å². The molecule has 0 fully saturated rings. The third kappa shape index (κ3) is 3.35. The average molecular weight is 221 g/mol. The van der Waals surface area contributed by atoms with Crippen molar-refractivity contribution in [2.75, 3.05) is 13.7 Å². The molecule has 0 atom stereocenters. The number of nitrogens with zero attached hydrogens (tertiary/aromatic N) is 1. The molecule has 1 rings (SSSR count). The van der Waals surface area contributed by atoms with E-state index < -0.39 is 5.54 Å². The second-order valence-corrected chi connectivity index (χ2v) is 4.47. The Kier molecular flexibility index (Phi) is 4.07. The molecule has 0 unspecified atom stereocenters. The van der Waals surface area contributed by atoms with Crippen LogP contribution in [0.2, 0.25) is 0 Å². The van der Waals surface area contributed by atoms with E-state index in [1.165, 1.54) is 0 Å². The number of hydrogen-bond donors (Lipinski definition) is 1. The van der Waals surface area contributed by atoms with Crippen molar-refractivity contribution in [2.24, 2.45) is 4.99 Å². The van der Waals surface area contributed by atoms with Crippen LogP contribution in [0.3, 0.4) is 0 Å². The molecule has 3 nitrogen and oxygen atoms in total. The van der Waals surface area contributed by atoms with Gasteiger partial charge in [0.1, 0.15) is 5.75 Å². The molecule has 88 valence electrons. The van der Waals surface area contributed by atoms with Crippen LogP contribution >= 0.6 is 0 Å². The number of ether oxygens (including phenoxy) is 1. The van der Waals surface area contributed by atoms with Gasteiger partial charge in [0.15, 0.2) is 0 Å². The predicted octanol–water partition coefficient (Wildman–Crippen LogP) is 2.19. The summed E-state index contributed by atoms with van der Waals surface area (Å²) < 4.78 is 5.27. The molecule has 0 aliphatic rings. The number of methoxy groups -OCH3 is 1. The van der Waals surface area contributed by atoms with Gasteiger partial charge in [0.25, 0.3) is 0 Å². The molecule has 0 bridgehead atoms. The molecule has 1 N–H and O–H groups in total. The monoisotopic (exact) mass is 221 g/mol. The normalized spacial score (nSPS) is 12.1. The maximum atomic E-state index is 9.10. The molecule has 0 aliphatic heterocycles. The lowest BCUT2D eigenvalue weighted by atomic mass is 10.1. The molecule has 0 aromatic heterocycles. The number of rotatable bonds is 4. The highest BCUT2D eigenvalue weighted by Gasteiger charge is 2.13. The minimum atomic E-state index is -0.449. The first-order valence-electron chi connectivity index (χ1n) is 5.29. The van der Waals surface area contributed by atoms with E-state index >= 15 is 0 Å². The number of aliphatic hydroxyl groups excluding tert-OH is 1. The van der Waals surface area contributed by atoms with Crippen LogP contribution in [0.1, 0.15) is 25.0 Å². The van der Waals surface area contributed by atoms with Crippen molar-refractivity contribution < 1.29 is 9.84 Å². The molecular weight excluding hydrogens is 202 g/mol. The smallest absolute Gasteiger partial charge is 0.127 e. The third-order valence-electron chi connectivity index (χ3n) is 2.33. The fourth-order valence-electron chi connectivity index (χ4n) is 1.21. The molecule has 3 heteroatoms. The fraction of sp³-hybridized carbons (Fsp3) is 0.462. The maximum absolute atomic E-state index is 9.10. The molecule has 0 saturated heterocycles. The second kappa shape index (κ2) is 5.12. The lowest BCUT2D eigenvalue weighted by molar-refractivity contribution is 0.223. The van der Waals surface area contributed by atoms with Gasteiger partial charge in [0, 0.05) is 11.8 Å². The van der Waals surface area contributed by atoms with E-state index in [-0.39, 0.29) is 6.61 Å². The summed E-state index contributed by atoms with van der Waals surface area (Å²) in [5, 5.41) is 9.10. The molecule has 0 radical (unpaired) electrons. The zero-order valence-corrected chi connectivity index (χ0v) is 10.3. The summed E-state index contributed by atoms with van der Waals surface area (Å²) in [6.45, 7) is 5.80. The molecule has 1 aromatic carbocycles. The van der Waals surface area contributed by atoms with Gasteiger partial charge >= 0.3 is 0 Å². The zero-order valence-electron chi connectivity index (χ0n) is 10.3. The highest BCUT2D eigenvalue weighted by molar-refractivity contribution is 5.84. The summed E-state index contributed by atoms with van der Waals surface area (Å²) in [6, 6.07) is 5.94. The summed E-state index contributed by atoms with van der Waals surface area (Å²) in [5.41, 5.74) is 1.63. The first kappa shape index (κ1) is 12.7. The average Bonchev–Trinajstić information content (AvgIpc) is 2.27. The van der Waals surface area contributed by atoms with E-state index in [0.29, 0.717) is 0 Å². The summed E-state index contributed by atoms with van der Waals surface area (Å²) in [6.07, 6.45) is 1.74. The van der Waals surface area contributed by atoms with Crippen LogP contribution < -0.4 is 4.74 Å². The Hall–Kier alpha value is -1.35. The Balaban J connectivity index is 2.97. The Morgan fingerprint density at radius 3 is 2.69 bits per heavy atom. The van der Waals surface area contributed by atoms with Crippen LogP contribution in [-0.4, -0.2) is 30.6 Å². The van der Waals surface area contributed by atoms with Gasteiger partial charge in [-0.1, -0.05) is 6.07 Å². The van der Waals surface area contributed by atoms with Gasteiger partial charge in [0.05, 0.1) is 19.3 Å². The van der Waals surface area contributed by atoms with Crippen molar-refractivity contribution >= 4 is 6.21 Å². The molecular formula is C13H19NO2. The van der Waals surface area contributed by atoms with Gasteiger partial charge in [0.2, 0.25) is 0 Å². The lowest BCUT2D eigenvalue weighted by Crippen LogP contribution is -2.22. The van der Waals surface area contributed by atoms with Crippen molar-refractivity contribution in [3.05, 3.63) is 29.3 Å². The standard InChI is InChI=1S/C13H19NO2/c1-10-5-6-11(12(7-10)16-4)8-14-13(2,3)9-15/h5-8,15H,9H2,1-4H3. The van der Waals surface area contributed by atoms with Crippen LogP contribution in [0.15, 0.2) is 23.2 Å². The number of aliphatic imine (C=N–C) groups is 1. The van der Waals surface area contributed by atoms with E-state index in [1.54, 1.807) is 13.3 Å². The molecule has 0 spiro atoms. The van der Waals surface area contributed by atoms with Crippen LogP contribution in [0.4, 0.5) is 0 Å². The summed E-state index contributed by atoms with van der Waals surface area (Å²) >= 11 is 0. The molecule has 0 amide bonds. The number of aryl methyl sites for hydroxylation is 1. The van der Waals surface area contributed by atoms with Gasteiger partial charge in [-0.25, -0.2) is 0 Å². The summed E-state index contributed by atoms with van der Waals surface area (Å²) in [7, 11) is 1.64. The minimum absolute atomic E-state index is 0.0255. The number of benzene rings is 1. The van der Waals surface area contributed by atoms with E-state index in [9.17, 15) is 0 Å². The van der Waals surface area contributed by atoms with E-state index in [1.807, 2.05) is 39.0 Å². The molecule has 0 aliphatic carbocycles. The largest absolute Gasteiger partial charge is 0.496 e. The first-order valence-corrected chi connectivity index (χ1v) is 5.29. The lowest BCUT2D eigenvalue weighted by Gasteiger charge is -2.15. The van der Waals surface area contributed by atoms with Gasteiger partial charge in [-0.2, -0.15) is 0 Å². The molecule has 16 heavy (non-hydrogen) atoms. The topological polar surface area (TPSA) is 41.8 Å². The van der Waals surface area contributed by atoms with Crippen molar-refractivity contribution in [1.82, 2.24) is 0 Å². The number of hydrogen-bond acceptors (Lipinski definition) is 3. The quantitative estimate of drug-likeness (QED) is 0.792. The van der Waals surface area contributed by atoms with Gasteiger partial charge < -0.3 is 9.84 Å². The highest BCUT2D eigenvalue weighted by atomic mass is 16.5. The zero-order chi connectivity index (χ0) is 12.2. The minimum Gasteiger partial charge on any atom is -0.496 e. The second-order valence-electron chi connectivity index (χ2n) is 4.47. The predicted molar refractivity (Wildman–Crippen MR) is 66.5 cm³/mol. The highest BCUT2D eigenvalue weighted by Crippen LogP contribution is 2.19. The molecule has 0 saturated carbocycles. The molecule has 1 aromatic rings. The summed E-state index contributed by atoms with van der Waals surface area (Å²) in [5.74, 6) is 0.803. The Morgan fingerprint density at radius 2 is 2.12 bits per heavy atom. The van der Waals surface area contributed by atoms with Crippen molar-refractivity contribution in [1.29, 1.82) is 0 Å². The van der Waals surface area contributed by atoms with Gasteiger partial charge in [-0.05, 0) is 38.5 Å². The van der Waals surface area contributed by atoms with Gasteiger partial charge in [-0.3, -0.25) is 4.99 Å². The van der Waals surface area contributed by atoms with E-state index in [4.69, 9.17) is 9.84 Å². The Labute approximate surface area is 96.8 Å². The maximum Gasteiger partial charge on any atom is 0.127 e.